The summed E-state index contributed by atoms with van der Waals surface area (Å²) in [7, 11) is 0.173. The number of aliphatic hydroxyl groups excluding tert-OH is 1. The van der Waals surface area contributed by atoms with Gasteiger partial charge >= 0.3 is 11.6 Å². The van der Waals surface area contributed by atoms with Crippen LogP contribution in [0.4, 0.5) is 5.69 Å². The highest BCUT2D eigenvalue weighted by Crippen LogP contribution is 2.22. The fourth-order valence-electron chi connectivity index (χ4n) is 1.34. The fourth-order valence-corrected chi connectivity index (χ4v) is 1.76. The molecule has 1 rings (SSSR count). The van der Waals surface area contributed by atoms with E-state index in [2.05, 4.69) is 4.98 Å². The average molecular weight is 297 g/mol. The lowest BCUT2D eigenvalue weighted by molar-refractivity contribution is -0.384. The lowest BCUT2D eigenvalue weighted by Crippen LogP contribution is -2.09. The summed E-state index contributed by atoms with van der Waals surface area (Å²) in [5, 5.41) is 29.2. The molecule has 0 radical (unpaired) electrons. The van der Waals surface area contributed by atoms with Gasteiger partial charge in [-0.15, -0.1) is 0 Å². The number of diazo groups is 1. The van der Waals surface area contributed by atoms with E-state index in [1.807, 2.05) is 12.5 Å². The van der Waals surface area contributed by atoms with E-state index < -0.39 is 10.9 Å². The molecule has 0 aliphatic heterocycles. The highest BCUT2D eigenvalue weighted by Gasteiger charge is 2.24. The van der Waals surface area contributed by atoms with Crippen molar-refractivity contribution in [1.29, 1.82) is 5.39 Å². The van der Waals surface area contributed by atoms with Gasteiger partial charge in [0.25, 0.3) is 5.69 Å². The highest BCUT2D eigenvalue weighted by atomic mass is 32.2. The largest absolute Gasteiger partial charge is 0.475 e. The van der Waals surface area contributed by atoms with Crippen molar-refractivity contribution >= 4 is 22.3 Å². The van der Waals surface area contributed by atoms with Gasteiger partial charge in [-0.1, -0.05) is 0 Å². The zero-order chi connectivity index (χ0) is 15.1. The van der Waals surface area contributed by atoms with Gasteiger partial charge in [0.15, 0.2) is 4.98 Å². The first-order valence-electron chi connectivity index (χ1n) is 5.66. The van der Waals surface area contributed by atoms with Crippen LogP contribution in [0.3, 0.4) is 0 Å². The number of nitro groups is 1. The Morgan fingerprint density at radius 3 is 2.50 bits per heavy atom. The maximum Gasteiger partial charge on any atom is 0.471 e. The summed E-state index contributed by atoms with van der Waals surface area (Å²) in [6, 6.07) is 5.25. The molecule has 0 saturated carbocycles. The Balaban J connectivity index is 2.88. The predicted molar refractivity (Wildman–Crippen MR) is 77.8 cm³/mol. The fraction of sp³-hybridized carbons (Fsp3) is 0.333. The van der Waals surface area contributed by atoms with E-state index in [0.29, 0.717) is 12.2 Å². The minimum absolute atomic E-state index is 0.0903. The molecule has 0 saturated heterocycles. The predicted octanol–water partition coefficient (Wildman–Crippen LogP) is 2.53. The number of hydrogen-bond donors (Lipinski definition) is 1. The van der Waals surface area contributed by atoms with E-state index in [4.69, 9.17) is 10.1 Å². The molecule has 7 nitrogen and oxygen atoms in total. The first-order chi connectivity index (χ1) is 9.45. The van der Waals surface area contributed by atoms with Gasteiger partial charge in [-0.2, -0.15) is 0 Å². The summed E-state index contributed by atoms with van der Waals surface area (Å²) < 4.78 is 5.09. The first-order valence-corrected chi connectivity index (χ1v) is 7.87. The van der Waals surface area contributed by atoms with Gasteiger partial charge in [-0.25, -0.2) is 0 Å². The van der Waals surface area contributed by atoms with Crippen LogP contribution in [-0.4, -0.2) is 34.9 Å². The number of ether oxygens (including phenoxy) is 1. The van der Waals surface area contributed by atoms with Crippen molar-refractivity contribution in [2.24, 2.45) is 0 Å². The summed E-state index contributed by atoms with van der Waals surface area (Å²) in [4.78, 5) is 13.0. The Labute approximate surface area is 119 Å². The van der Waals surface area contributed by atoms with Gasteiger partial charge in [0.05, 0.1) is 23.0 Å². The number of non-ortho nitro benzene ring substituents is 1. The first kappa shape index (κ1) is 15.8. The maximum absolute atomic E-state index is 10.5. The van der Waals surface area contributed by atoms with Gasteiger partial charge < -0.3 is 9.84 Å². The minimum atomic E-state index is -0.539. The van der Waals surface area contributed by atoms with Crippen LogP contribution < -0.4 is 0 Å². The molecule has 0 fully saturated rings. The van der Waals surface area contributed by atoms with Gasteiger partial charge in [0.2, 0.25) is 5.39 Å². The third-order valence-corrected chi connectivity index (χ3v) is 3.37. The number of rotatable bonds is 6. The molecular weight excluding hydrogens is 282 g/mol. The molecule has 1 aromatic carbocycles. The van der Waals surface area contributed by atoms with Gasteiger partial charge in [0, 0.05) is 12.1 Å². The van der Waals surface area contributed by atoms with Crippen LogP contribution in [0.15, 0.2) is 30.2 Å². The SMILES string of the molecule is C[S+](C)CCO/C(O)=C(\[N+]#N)c1ccc([N+](=O)[O-])cc1. The summed E-state index contributed by atoms with van der Waals surface area (Å²) in [5.41, 5.74) is 0.0713. The van der Waals surface area contributed by atoms with Crippen molar-refractivity contribution in [3.05, 3.63) is 50.9 Å². The number of aliphatic hydroxyl groups is 1. The molecule has 106 valence electrons. The normalized spacial score (nSPS) is 11.7. The Kier molecular flexibility index (Phi) is 5.80. The number of benzene rings is 1. The molecular formula is C12H15N3O4S+2. The van der Waals surface area contributed by atoms with Crippen molar-refractivity contribution in [1.82, 2.24) is 0 Å². The number of nitrogens with zero attached hydrogens (tertiary/aromatic N) is 3. The van der Waals surface area contributed by atoms with Gasteiger partial charge in [-0.3, -0.25) is 10.1 Å². The van der Waals surface area contributed by atoms with Crippen LogP contribution in [0.2, 0.25) is 0 Å². The molecule has 0 bridgehead atoms. The smallest absolute Gasteiger partial charge is 0.471 e. The van der Waals surface area contributed by atoms with Crippen molar-refractivity contribution in [3.63, 3.8) is 0 Å². The van der Waals surface area contributed by atoms with Gasteiger partial charge in [0.1, 0.15) is 12.4 Å². The average Bonchev–Trinajstić information content (AvgIpc) is 2.39. The monoisotopic (exact) mass is 297 g/mol. The summed E-state index contributed by atoms with van der Waals surface area (Å²) in [6.45, 7) is 0.300. The van der Waals surface area contributed by atoms with Gasteiger partial charge in [-0.05, 0) is 23.0 Å². The van der Waals surface area contributed by atoms with E-state index in [-0.39, 0.29) is 22.3 Å². The summed E-state index contributed by atoms with van der Waals surface area (Å²) in [6.07, 6.45) is 4.08. The Bertz CT molecular complexity index is 549. The van der Waals surface area contributed by atoms with E-state index in [1.54, 1.807) is 0 Å². The third-order valence-electron chi connectivity index (χ3n) is 2.38. The zero-order valence-corrected chi connectivity index (χ0v) is 12.0. The molecule has 0 aliphatic carbocycles. The summed E-state index contributed by atoms with van der Waals surface area (Å²) in [5.74, 6) is 0.259. The van der Waals surface area contributed by atoms with Crippen LogP contribution in [0, 0.1) is 15.5 Å². The topological polar surface area (TPSA) is 101 Å². The molecule has 1 aromatic rings. The maximum atomic E-state index is 10.5. The molecule has 0 amide bonds. The van der Waals surface area contributed by atoms with Crippen LogP contribution in [0.1, 0.15) is 5.56 Å². The molecule has 0 aromatic heterocycles. The van der Waals surface area contributed by atoms with E-state index >= 15 is 0 Å². The third kappa shape index (κ3) is 4.44. The van der Waals surface area contributed by atoms with E-state index in [9.17, 15) is 15.2 Å². The highest BCUT2D eigenvalue weighted by molar-refractivity contribution is 7.95. The van der Waals surface area contributed by atoms with Crippen molar-refractivity contribution in [2.75, 3.05) is 24.9 Å². The van der Waals surface area contributed by atoms with Crippen LogP contribution in [-0.2, 0) is 15.6 Å². The molecule has 0 atom stereocenters. The molecule has 0 spiro atoms. The van der Waals surface area contributed by atoms with Crippen LogP contribution in [0.5, 0.6) is 0 Å². The molecule has 8 heteroatoms. The van der Waals surface area contributed by atoms with E-state index in [0.717, 1.165) is 5.75 Å². The standard InChI is InChI=1S/C12H14N3O4S/c1-20(2)8-7-19-12(16)11(14-13)9-3-5-10(6-4-9)15(17)18/h3-6H,7-8H2,1-2H3/q+1/p+1/b12-11-. The Morgan fingerprint density at radius 1 is 1.45 bits per heavy atom. The van der Waals surface area contributed by atoms with Crippen molar-refractivity contribution < 1.29 is 14.8 Å². The van der Waals surface area contributed by atoms with Crippen molar-refractivity contribution in [2.45, 2.75) is 0 Å². The Morgan fingerprint density at radius 2 is 2.05 bits per heavy atom. The van der Waals surface area contributed by atoms with Crippen LogP contribution in [0.25, 0.3) is 10.7 Å². The quantitative estimate of drug-likeness (QED) is 0.286. The molecule has 20 heavy (non-hydrogen) atoms. The second-order valence-corrected chi connectivity index (χ2v) is 6.48. The van der Waals surface area contributed by atoms with E-state index in [1.165, 1.54) is 24.3 Å². The van der Waals surface area contributed by atoms with Crippen molar-refractivity contribution in [3.8, 4) is 0 Å². The van der Waals surface area contributed by atoms with Crippen LogP contribution >= 0.6 is 0 Å². The molecule has 0 heterocycles. The second kappa shape index (κ2) is 7.35. The second-order valence-electron chi connectivity index (χ2n) is 4.10. The zero-order valence-electron chi connectivity index (χ0n) is 11.1. The number of nitro benzene ring substituents is 1. The molecule has 0 aliphatic rings. The lowest BCUT2D eigenvalue weighted by Gasteiger charge is -2.01. The molecule has 0 unspecified atom stereocenters. The summed E-state index contributed by atoms with van der Waals surface area (Å²) >= 11 is 0. The number of hydrogen-bond acceptors (Lipinski definition) is 5. The lowest BCUT2D eigenvalue weighted by atomic mass is 10.1. The minimum Gasteiger partial charge on any atom is -0.475 e. The Hall–Kier alpha value is -2.27. The molecule has 1 N–H and O–H groups in total.